The lowest BCUT2D eigenvalue weighted by Gasteiger charge is -2.34. The maximum Gasteiger partial charge on any atom is 0.270 e. The summed E-state index contributed by atoms with van der Waals surface area (Å²) in [5.74, 6) is -2.23. The minimum absolute atomic E-state index is 0.0169. The van der Waals surface area contributed by atoms with Gasteiger partial charge < -0.3 is 4.90 Å². The molecule has 3 rings (SSSR count). The highest BCUT2D eigenvalue weighted by atomic mass is 19.3. The Labute approximate surface area is 153 Å². The Kier molecular flexibility index (Phi) is 5.35. The van der Waals surface area contributed by atoms with E-state index < -0.39 is 5.92 Å². The fraction of sp³-hybridized carbons (Fsp3) is 0.429. The molecule has 1 aliphatic heterocycles. The minimum atomic E-state index is -2.79. The van der Waals surface area contributed by atoms with Crippen molar-refractivity contribution < 1.29 is 13.6 Å². The van der Waals surface area contributed by atoms with Crippen molar-refractivity contribution in [1.29, 1.82) is 0 Å². The van der Waals surface area contributed by atoms with Gasteiger partial charge in [0.05, 0.1) is 0 Å². The number of hydrogen-bond acceptors (Lipinski definition) is 3. The molecule has 0 atom stereocenters. The molecule has 2 heterocycles. The second-order valence-corrected chi connectivity index (χ2v) is 7.18. The van der Waals surface area contributed by atoms with Gasteiger partial charge in [-0.3, -0.25) is 9.78 Å². The van der Waals surface area contributed by atoms with Crippen LogP contribution < -0.4 is 4.90 Å². The zero-order valence-corrected chi connectivity index (χ0v) is 15.2. The monoisotopic (exact) mass is 358 g/mol. The van der Waals surface area contributed by atoms with Crippen LogP contribution in [-0.2, 0) is 12.3 Å². The molecule has 1 aromatic heterocycles. The lowest BCUT2D eigenvalue weighted by Crippen LogP contribution is -2.34. The fourth-order valence-corrected chi connectivity index (χ4v) is 3.45. The molecule has 1 saturated heterocycles. The summed E-state index contributed by atoms with van der Waals surface area (Å²) in [5.41, 5.74) is 2.72. The highest BCUT2D eigenvalue weighted by Crippen LogP contribution is 2.30. The van der Waals surface area contributed by atoms with Crippen molar-refractivity contribution in [3.05, 3.63) is 59.4 Å². The van der Waals surface area contributed by atoms with Crippen LogP contribution in [0.4, 0.5) is 14.5 Å². The zero-order valence-electron chi connectivity index (χ0n) is 15.2. The smallest absolute Gasteiger partial charge is 0.270 e. The predicted octanol–water partition coefficient (Wildman–Crippen LogP) is 4.86. The number of piperidine rings is 1. The van der Waals surface area contributed by atoms with Crippen molar-refractivity contribution in [3.8, 4) is 0 Å². The molecule has 0 spiro atoms. The summed E-state index contributed by atoms with van der Waals surface area (Å²) in [4.78, 5) is 17.8. The summed E-state index contributed by atoms with van der Waals surface area (Å²) < 4.78 is 26.6. The molecule has 5 heteroatoms. The number of Topliss-reactive ketones (excluding diaryl/α,β-unsaturated/α-hetero) is 1. The number of rotatable bonds is 5. The molecule has 0 radical (unpaired) electrons. The van der Waals surface area contributed by atoms with E-state index in [0.29, 0.717) is 11.6 Å². The molecule has 1 fully saturated rings. The Morgan fingerprint density at radius 3 is 2.31 bits per heavy atom. The van der Waals surface area contributed by atoms with Gasteiger partial charge in [-0.15, -0.1) is 0 Å². The summed E-state index contributed by atoms with van der Waals surface area (Å²) >= 11 is 0. The molecule has 1 aliphatic rings. The van der Waals surface area contributed by atoms with Gasteiger partial charge in [-0.25, -0.2) is 8.78 Å². The van der Waals surface area contributed by atoms with Gasteiger partial charge >= 0.3 is 0 Å². The second kappa shape index (κ2) is 7.52. The Morgan fingerprint density at radius 1 is 1.15 bits per heavy atom. The van der Waals surface area contributed by atoms with E-state index in [4.69, 9.17) is 0 Å². The largest absolute Gasteiger partial charge is 0.372 e. The van der Waals surface area contributed by atoms with E-state index in [1.54, 1.807) is 24.4 Å². The molecule has 1 aromatic carbocycles. The highest BCUT2D eigenvalue weighted by Gasteiger charge is 2.25. The average Bonchev–Trinajstić information content (AvgIpc) is 2.62. The van der Waals surface area contributed by atoms with Crippen LogP contribution in [0, 0.1) is 5.92 Å². The van der Waals surface area contributed by atoms with Crippen molar-refractivity contribution >= 4 is 11.5 Å². The van der Waals surface area contributed by atoms with Crippen LogP contribution in [0.25, 0.3) is 0 Å². The number of alkyl halides is 2. The maximum absolute atomic E-state index is 13.3. The first-order chi connectivity index (χ1) is 12.3. The molecule has 0 amide bonds. The first-order valence-corrected chi connectivity index (χ1v) is 9.02. The minimum Gasteiger partial charge on any atom is -0.372 e. The summed E-state index contributed by atoms with van der Waals surface area (Å²) in [7, 11) is 0. The van der Waals surface area contributed by atoms with Crippen LogP contribution in [0.15, 0.2) is 42.6 Å². The van der Waals surface area contributed by atoms with E-state index in [9.17, 15) is 13.6 Å². The Hall–Kier alpha value is -2.30. The van der Waals surface area contributed by atoms with Gasteiger partial charge in [0.25, 0.3) is 5.92 Å². The summed E-state index contributed by atoms with van der Waals surface area (Å²) in [6, 6.07) is 10.4. The SMILES string of the molecule is CC(=O)c1ccc(CC2CCN(c3ccc(C(C)(F)F)cc3)CC2)cn1. The zero-order chi connectivity index (χ0) is 18.7. The Morgan fingerprint density at radius 2 is 1.81 bits per heavy atom. The van der Waals surface area contributed by atoms with Crippen molar-refractivity contribution in [3.63, 3.8) is 0 Å². The Bertz CT molecular complexity index is 743. The number of ketones is 1. The van der Waals surface area contributed by atoms with Crippen molar-refractivity contribution in [2.24, 2.45) is 5.92 Å². The average molecular weight is 358 g/mol. The number of carbonyl (C=O) groups is 1. The van der Waals surface area contributed by atoms with Gasteiger partial charge in [-0.2, -0.15) is 0 Å². The molecule has 138 valence electrons. The number of pyridine rings is 1. The second-order valence-electron chi connectivity index (χ2n) is 7.18. The van der Waals surface area contributed by atoms with E-state index >= 15 is 0 Å². The van der Waals surface area contributed by atoms with Crippen LogP contribution in [0.1, 0.15) is 48.3 Å². The third-order valence-corrected chi connectivity index (χ3v) is 5.06. The molecule has 0 saturated carbocycles. The van der Waals surface area contributed by atoms with Crippen molar-refractivity contribution in [2.75, 3.05) is 18.0 Å². The molecule has 3 nitrogen and oxygen atoms in total. The molecule has 0 aliphatic carbocycles. The van der Waals surface area contributed by atoms with E-state index in [2.05, 4.69) is 9.88 Å². The molecule has 0 unspecified atom stereocenters. The summed E-state index contributed by atoms with van der Waals surface area (Å²) in [6.07, 6.45) is 4.87. The quantitative estimate of drug-likeness (QED) is 0.716. The lowest BCUT2D eigenvalue weighted by atomic mass is 9.90. The van der Waals surface area contributed by atoms with E-state index in [1.807, 2.05) is 6.07 Å². The molecule has 0 bridgehead atoms. The molecule has 0 N–H and O–H groups in total. The first-order valence-electron chi connectivity index (χ1n) is 9.02. The van der Waals surface area contributed by atoms with Gasteiger partial charge in [0.15, 0.2) is 5.78 Å². The number of hydrogen-bond donors (Lipinski definition) is 0. The fourth-order valence-electron chi connectivity index (χ4n) is 3.45. The number of halogens is 2. The third kappa shape index (κ3) is 4.45. The highest BCUT2D eigenvalue weighted by molar-refractivity contribution is 5.91. The predicted molar refractivity (Wildman–Crippen MR) is 98.9 cm³/mol. The number of benzene rings is 1. The van der Waals surface area contributed by atoms with Crippen molar-refractivity contribution in [1.82, 2.24) is 4.98 Å². The van der Waals surface area contributed by atoms with E-state index in [0.717, 1.165) is 50.5 Å². The van der Waals surface area contributed by atoms with Crippen LogP contribution in [0.3, 0.4) is 0 Å². The van der Waals surface area contributed by atoms with E-state index in [-0.39, 0.29) is 11.3 Å². The van der Waals surface area contributed by atoms with Crippen LogP contribution in [0.2, 0.25) is 0 Å². The number of aromatic nitrogens is 1. The van der Waals surface area contributed by atoms with E-state index in [1.165, 1.54) is 19.1 Å². The number of anilines is 1. The molecular weight excluding hydrogens is 334 g/mol. The summed E-state index contributed by atoms with van der Waals surface area (Å²) in [6.45, 7) is 4.29. The molecular formula is C21H24F2N2O. The standard InChI is InChI=1S/C21H24F2N2O/c1-15(26)20-8-3-17(14-24-20)13-16-9-11-25(12-10-16)19-6-4-18(5-7-19)21(2,22)23/h3-8,14,16H,9-13H2,1-2H3. The number of nitrogens with zero attached hydrogens (tertiary/aromatic N) is 2. The third-order valence-electron chi connectivity index (χ3n) is 5.06. The number of carbonyl (C=O) groups excluding carboxylic acids is 1. The van der Waals surface area contributed by atoms with Gasteiger partial charge in [0, 0.05) is 44.4 Å². The topological polar surface area (TPSA) is 33.2 Å². The first kappa shape index (κ1) is 18.5. The van der Waals surface area contributed by atoms with Crippen LogP contribution in [0.5, 0.6) is 0 Å². The van der Waals surface area contributed by atoms with Gasteiger partial charge in [-0.05, 0) is 48.9 Å². The van der Waals surface area contributed by atoms with Crippen LogP contribution in [-0.4, -0.2) is 23.9 Å². The lowest BCUT2D eigenvalue weighted by molar-refractivity contribution is 0.0175. The Balaban J connectivity index is 1.54. The maximum atomic E-state index is 13.3. The van der Waals surface area contributed by atoms with Crippen molar-refractivity contribution in [2.45, 2.75) is 39.0 Å². The van der Waals surface area contributed by atoms with Crippen LogP contribution >= 0.6 is 0 Å². The van der Waals surface area contributed by atoms with Gasteiger partial charge in [0.1, 0.15) is 5.69 Å². The van der Waals surface area contributed by atoms with Gasteiger partial charge in [0.2, 0.25) is 0 Å². The molecule has 2 aromatic rings. The normalized spacial score (nSPS) is 15.9. The van der Waals surface area contributed by atoms with Gasteiger partial charge in [-0.1, -0.05) is 18.2 Å². The molecule has 26 heavy (non-hydrogen) atoms. The summed E-state index contributed by atoms with van der Waals surface area (Å²) in [5, 5.41) is 0.